The number of carboxylic acid groups (broad SMARTS) is 1. The van der Waals surface area contributed by atoms with E-state index in [0.717, 1.165) is 31.7 Å². The van der Waals surface area contributed by atoms with E-state index in [1.807, 2.05) is 0 Å². The number of aromatic nitrogens is 2. The quantitative estimate of drug-likeness (QED) is 0.346. The minimum atomic E-state index is -1.12. The van der Waals surface area contributed by atoms with Crippen LogP contribution in [0.25, 0.3) is 0 Å². The minimum Gasteiger partial charge on any atom is -0.477 e. The highest BCUT2D eigenvalue weighted by Crippen LogP contribution is 2.33. The Labute approximate surface area is 182 Å². The highest BCUT2D eigenvalue weighted by molar-refractivity contribution is 5.88. The lowest BCUT2D eigenvalue weighted by atomic mass is 10.4. The largest absolute Gasteiger partial charge is 0.477 e. The Morgan fingerprint density at radius 1 is 0.969 bits per heavy atom. The van der Waals surface area contributed by atoms with Gasteiger partial charge in [0.1, 0.15) is 11.4 Å². The Morgan fingerprint density at radius 3 is 1.78 bits per heavy atom. The summed E-state index contributed by atoms with van der Waals surface area (Å²) in [6.45, 7) is 3.19. The Morgan fingerprint density at radius 2 is 1.41 bits per heavy atom. The van der Waals surface area contributed by atoms with Crippen LogP contribution < -0.4 is 0 Å². The van der Waals surface area contributed by atoms with Crippen LogP contribution in [0.4, 0.5) is 11.4 Å². The molecule has 0 aliphatic heterocycles. The van der Waals surface area contributed by atoms with Crippen LogP contribution in [-0.4, -0.2) is 42.6 Å². The maximum Gasteiger partial charge on any atom is 0.355 e. The van der Waals surface area contributed by atoms with Gasteiger partial charge in [-0.3, -0.25) is 20.2 Å². The molecule has 0 bridgehead atoms. The second-order valence-electron chi connectivity index (χ2n) is 7.90. The summed E-state index contributed by atoms with van der Waals surface area (Å²) in [7, 11) is 0. The van der Waals surface area contributed by atoms with Crippen molar-refractivity contribution in [3.05, 3.63) is 56.1 Å². The Hall–Kier alpha value is -3.70. The van der Waals surface area contributed by atoms with Gasteiger partial charge in [0, 0.05) is 25.2 Å². The first-order chi connectivity index (χ1) is 15.2. The third kappa shape index (κ3) is 5.93. The topological polar surface area (TPSA) is 160 Å². The van der Waals surface area contributed by atoms with Crippen LogP contribution in [0.3, 0.4) is 0 Å². The van der Waals surface area contributed by atoms with Gasteiger partial charge in [0.2, 0.25) is 0 Å². The molecule has 12 nitrogen and oxygen atoms in total. The van der Waals surface area contributed by atoms with Gasteiger partial charge in [0.15, 0.2) is 0 Å². The van der Waals surface area contributed by atoms with Crippen molar-refractivity contribution in [2.45, 2.75) is 45.7 Å². The number of hydrogen-bond acceptors (Lipinski definition) is 7. The molecule has 0 radical (unpaired) electrons. The van der Waals surface area contributed by atoms with Gasteiger partial charge in [0.05, 0.1) is 28.8 Å². The molecule has 2 aliphatic carbocycles. The van der Waals surface area contributed by atoms with Crippen molar-refractivity contribution in [2.24, 2.45) is 11.8 Å². The smallest absolute Gasteiger partial charge is 0.355 e. The summed E-state index contributed by atoms with van der Waals surface area (Å²) in [5, 5.41) is 30.0. The first-order valence-electron chi connectivity index (χ1n) is 10.3. The summed E-state index contributed by atoms with van der Waals surface area (Å²) in [4.78, 5) is 42.6. The number of ether oxygens (including phenoxy) is 1. The van der Waals surface area contributed by atoms with Crippen molar-refractivity contribution < 1.29 is 29.3 Å². The SMILES string of the molecule is CCOC(=O)c1cc([N+](=O)[O-])cn1CC1CC1.O=C(O)c1cc([N+](=O)[O-])cn1CC1CC1. The predicted molar refractivity (Wildman–Crippen MR) is 111 cm³/mol. The first kappa shape index (κ1) is 23.0. The van der Waals surface area contributed by atoms with Gasteiger partial charge in [-0.15, -0.1) is 0 Å². The lowest BCUT2D eigenvalue weighted by molar-refractivity contribution is -0.385. The monoisotopic (exact) mass is 448 g/mol. The fourth-order valence-electron chi connectivity index (χ4n) is 3.20. The van der Waals surface area contributed by atoms with Crippen LogP contribution in [0.15, 0.2) is 24.5 Å². The molecule has 12 heteroatoms. The number of carbonyl (C=O) groups excluding carboxylic acids is 1. The molecule has 2 saturated carbocycles. The summed E-state index contributed by atoms with van der Waals surface area (Å²) in [5.74, 6) is -0.602. The van der Waals surface area contributed by atoms with Gasteiger partial charge >= 0.3 is 11.9 Å². The van der Waals surface area contributed by atoms with E-state index in [0.29, 0.717) is 24.9 Å². The zero-order valence-corrected chi connectivity index (χ0v) is 17.5. The third-order valence-electron chi connectivity index (χ3n) is 5.19. The van der Waals surface area contributed by atoms with Crippen LogP contribution in [-0.2, 0) is 17.8 Å². The fourth-order valence-corrected chi connectivity index (χ4v) is 3.20. The lowest BCUT2D eigenvalue weighted by Gasteiger charge is -2.06. The molecule has 2 heterocycles. The molecule has 0 saturated heterocycles. The molecule has 2 aromatic heterocycles. The highest BCUT2D eigenvalue weighted by atomic mass is 16.6. The highest BCUT2D eigenvalue weighted by Gasteiger charge is 2.27. The molecule has 2 aromatic rings. The number of carbonyl (C=O) groups is 2. The van der Waals surface area contributed by atoms with Crippen molar-refractivity contribution in [1.29, 1.82) is 0 Å². The van der Waals surface area contributed by atoms with E-state index in [1.54, 1.807) is 11.5 Å². The first-order valence-corrected chi connectivity index (χ1v) is 10.3. The normalized spacial score (nSPS) is 14.9. The predicted octanol–water partition coefficient (Wildman–Crippen LogP) is 3.49. The zero-order valence-electron chi connectivity index (χ0n) is 17.5. The van der Waals surface area contributed by atoms with E-state index < -0.39 is 21.8 Å². The number of nitrogens with zero attached hydrogens (tertiary/aromatic N) is 4. The van der Waals surface area contributed by atoms with Crippen LogP contribution in [0.2, 0.25) is 0 Å². The molecule has 1 N–H and O–H groups in total. The van der Waals surface area contributed by atoms with Crippen molar-refractivity contribution in [1.82, 2.24) is 9.13 Å². The number of hydrogen-bond donors (Lipinski definition) is 1. The molecule has 32 heavy (non-hydrogen) atoms. The van der Waals surface area contributed by atoms with Gasteiger partial charge in [0.25, 0.3) is 11.4 Å². The second-order valence-corrected chi connectivity index (χ2v) is 7.90. The van der Waals surface area contributed by atoms with E-state index in [4.69, 9.17) is 9.84 Å². The zero-order chi connectivity index (χ0) is 23.4. The summed E-state index contributed by atoms with van der Waals surface area (Å²) in [6.07, 6.45) is 7.09. The molecule has 2 fully saturated rings. The number of rotatable bonds is 9. The van der Waals surface area contributed by atoms with Gasteiger partial charge in [-0.1, -0.05) is 0 Å². The van der Waals surface area contributed by atoms with Crippen LogP contribution in [0, 0.1) is 32.1 Å². The molecule has 0 spiro atoms. The second kappa shape index (κ2) is 9.62. The fraction of sp³-hybridized carbons (Fsp3) is 0.500. The van der Waals surface area contributed by atoms with Gasteiger partial charge < -0.3 is 19.0 Å². The van der Waals surface area contributed by atoms with Crippen molar-refractivity contribution in [2.75, 3.05) is 6.61 Å². The van der Waals surface area contributed by atoms with E-state index in [1.165, 1.54) is 23.0 Å². The van der Waals surface area contributed by atoms with Crippen LogP contribution in [0.1, 0.15) is 53.6 Å². The Kier molecular flexibility index (Phi) is 6.91. The van der Waals surface area contributed by atoms with E-state index in [9.17, 15) is 29.8 Å². The van der Waals surface area contributed by atoms with E-state index in [2.05, 4.69) is 0 Å². The van der Waals surface area contributed by atoms with Crippen molar-refractivity contribution in [3.63, 3.8) is 0 Å². The van der Waals surface area contributed by atoms with E-state index in [-0.39, 0.29) is 29.4 Å². The number of nitro groups is 2. The number of aromatic carboxylic acids is 1. The maximum atomic E-state index is 11.6. The summed E-state index contributed by atoms with van der Waals surface area (Å²) < 4.78 is 7.97. The summed E-state index contributed by atoms with van der Waals surface area (Å²) >= 11 is 0. The molecular weight excluding hydrogens is 424 g/mol. The average molecular weight is 448 g/mol. The van der Waals surface area contributed by atoms with Crippen LogP contribution >= 0.6 is 0 Å². The van der Waals surface area contributed by atoms with E-state index >= 15 is 0 Å². The Bertz CT molecular complexity index is 1030. The van der Waals surface area contributed by atoms with Gasteiger partial charge in [-0.2, -0.15) is 0 Å². The summed E-state index contributed by atoms with van der Waals surface area (Å²) in [5.41, 5.74) is 0.0424. The molecule has 172 valence electrons. The maximum absolute atomic E-state index is 11.6. The molecule has 0 aromatic carbocycles. The lowest BCUT2D eigenvalue weighted by Crippen LogP contribution is -2.12. The van der Waals surface area contributed by atoms with Crippen molar-refractivity contribution >= 4 is 23.3 Å². The molecular formula is C20H24N4O8. The van der Waals surface area contributed by atoms with Gasteiger partial charge in [-0.05, 0) is 44.4 Å². The minimum absolute atomic E-state index is 0.00593. The molecule has 0 unspecified atom stereocenters. The standard InChI is InChI=1S/C11H14N2O4.C9H10N2O4/c1-2-17-11(14)10-5-9(13(15)16)7-12(10)6-8-3-4-8;12-9(13)8-3-7(11(14)15)5-10(8)4-6-1-2-6/h5,7-8H,2-4,6H2,1H3;3,5-6H,1-2,4H2,(H,12,13). The van der Waals surface area contributed by atoms with Gasteiger partial charge in [-0.25, -0.2) is 9.59 Å². The molecule has 0 atom stereocenters. The molecule has 0 amide bonds. The number of carboxylic acids is 1. The van der Waals surface area contributed by atoms with Crippen molar-refractivity contribution in [3.8, 4) is 0 Å². The average Bonchev–Trinajstić information content (AvgIpc) is 3.62. The molecule has 4 rings (SSSR count). The molecule has 2 aliphatic rings. The number of esters is 1. The summed E-state index contributed by atoms with van der Waals surface area (Å²) in [6, 6.07) is 2.38. The third-order valence-corrected chi connectivity index (χ3v) is 5.19. The van der Waals surface area contributed by atoms with Crippen LogP contribution in [0.5, 0.6) is 0 Å². The Balaban J connectivity index is 0.000000182.